The Kier molecular flexibility index (Phi) is 3.59. The smallest absolute Gasteiger partial charge is 0.267 e. The summed E-state index contributed by atoms with van der Waals surface area (Å²) in [5.41, 5.74) is 6.46. The van der Waals surface area contributed by atoms with Crippen LogP contribution in [0.15, 0.2) is 64.7 Å². The van der Waals surface area contributed by atoms with E-state index in [2.05, 4.69) is 10.5 Å². The third kappa shape index (κ3) is 2.57. The maximum atomic E-state index is 11.9. The van der Waals surface area contributed by atoms with Gasteiger partial charge in [0.2, 0.25) is 0 Å². The fourth-order valence-electron chi connectivity index (χ4n) is 2.56. The van der Waals surface area contributed by atoms with Gasteiger partial charge in [-0.3, -0.25) is 4.79 Å². The topological polar surface area (TPSA) is 59.3 Å². The van der Waals surface area contributed by atoms with Crippen LogP contribution in [0, 0.1) is 0 Å². The summed E-state index contributed by atoms with van der Waals surface area (Å²) in [6.07, 6.45) is 3.79. The molecule has 1 N–H and O–H groups in total. The third-order valence-corrected chi connectivity index (χ3v) is 4.65. The first-order valence-electron chi connectivity index (χ1n) is 7.48. The van der Waals surface area contributed by atoms with E-state index in [1.807, 2.05) is 71.7 Å². The number of thiophene rings is 1. The van der Waals surface area contributed by atoms with E-state index in [0.29, 0.717) is 11.3 Å². The summed E-state index contributed by atoms with van der Waals surface area (Å²) in [6.45, 7) is 1.82. The second-order valence-corrected chi connectivity index (χ2v) is 6.33. The van der Waals surface area contributed by atoms with E-state index in [-0.39, 0.29) is 5.91 Å². The Morgan fingerprint density at radius 2 is 2.00 bits per heavy atom. The molecule has 0 fully saturated rings. The van der Waals surface area contributed by atoms with Gasteiger partial charge in [0.1, 0.15) is 5.69 Å². The summed E-state index contributed by atoms with van der Waals surface area (Å²) >= 11 is 1.62. The van der Waals surface area contributed by atoms with E-state index in [9.17, 15) is 4.79 Å². The van der Waals surface area contributed by atoms with Gasteiger partial charge in [-0.15, -0.1) is 11.3 Å². The van der Waals surface area contributed by atoms with E-state index in [4.69, 9.17) is 5.10 Å². The minimum Gasteiger partial charge on any atom is -0.267 e. The molecule has 4 rings (SSSR count). The lowest BCUT2D eigenvalue weighted by molar-refractivity contribution is -0.116. The summed E-state index contributed by atoms with van der Waals surface area (Å²) in [4.78, 5) is 13.0. The highest BCUT2D eigenvalue weighted by molar-refractivity contribution is 7.13. The van der Waals surface area contributed by atoms with Crippen LogP contribution in [0.5, 0.6) is 0 Å². The molecule has 3 aromatic rings. The first-order valence-corrected chi connectivity index (χ1v) is 8.36. The molecule has 0 saturated heterocycles. The van der Waals surface area contributed by atoms with Gasteiger partial charge in [0.05, 0.1) is 21.8 Å². The average molecular weight is 334 g/mol. The number of benzene rings is 1. The second-order valence-electron chi connectivity index (χ2n) is 5.39. The Hall–Kier alpha value is -2.99. The van der Waals surface area contributed by atoms with Crippen molar-refractivity contribution >= 4 is 29.0 Å². The average Bonchev–Trinajstić information content (AvgIpc) is 3.32. The first-order chi connectivity index (χ1) is 11.7. The van der Waals surface area contributed by atoms with E-state index in [0.717, 1.165) is 21.8 Å². The summed E-state index contributed by atoms with van der Waals surface area (Å²) in [5, 5.41) is 10.7. The molecule has 1 amide bonds. The Labute approximate surface area is 142 Å². The molecule has 1 aliphatic rings. The van der Waals surface area contributed by atoms with Crippen molar-refractivity contribution in [3.8, 4) is 16.3 Å². The zero-order chi connectivity index (χ0) is 16.5. The van der Waals surface area contributed by atoms with Crippen LogP contribution in [-0.4, -0.2) is 21.4 Å². The van der Waals surface area contributed by atoms with Crippen LogP contribution in [0.4, 0.5) is 0 Å². The molecule has 0 saturated carbocycles. The lowest BCUT2D eigenvalue weighted by Crippen LogP contribution is -2.12. The Morgan fingerprint density at radius 3 is 2.67 bits per heavy atom. The Bertz CT molecular complexity index is 952. The summed E-state index contributed by atoms with van der Waals surface area (Å²) in [7, 11) is 0. The van der Waals surface area contributed by atoms with Crippen LogP contribution in [0.1, 0.15) is 12.5 Å². The standard InChI is InChI=1S/C18H14N4OS/c1-12-15(18(23)20-19-12)10-13-11-22(14-6-3-2-4-7-14)21-17(13)16-8-5-9-24-16/h2-11H,1H3,(H,20,23). The molecule has 0 spiro atoms. The van der Waals surface area contributed by atoms with Gasteiger partial charge in [-0.25, -0.2) is 10.1 Å². The number of nitrogens with zero attached hydrogens (tertiary/aromatic N) is 3. The zero-order valence-corrected chi connectivity index (χ0v) is 13.7. The lowest BCUT2D eigenvalue weighted by atomic mass is 10.1. The zero-order valence-electron chi connectivity index (χ0n) is 12.9. The van der Waals surface area contributed by atoms with E-state index in [1.54, 1.807) is 11.3 Å². The van der Waals surface area contributed by atoms with Crippen LogP contribution in [0.3, 0.4) is 0 Å². The molecular formula is C18H14N4OS. The minimum atomic E-state index is -0.183. The van der Waals surface area contributed by atoms with Crippen LogP contribution < -0.4 is 5.43 Å². The van der Waals surface area contributed by atoms with Gasteiger partial charge in [-0.1, -0.05) is 24.3 Å². The maximum Gasteiger partial charge on any atom is 0.273 e. The number of aromatic nitrogens is 2. The Morgan fingerprint density at radius 1 is 1.17 bits per heavy atom. The van der Waals surface area contributed by atoms with Crippen molar-refractivity contribution in [2.75, 3.05) is 0 Å². The highest BCUT2D eigenvalue weighted by atomic mass is 32.1. The van der Waals surface area contributed by atoms with Crippen molar-refractivity contribution in [2.24, 2.45) is 5.10 Å². The molecule has 0 aliphatic carbocycles. The number of amides is 1. The number of rotatable bonds is 3. The van der Waals surface area contributed by atoms with E-state index < -0.39 is 0 Å². The van der Waals surface area contributed by atoms with Gasteiger partial charge in [-0.2, -0.15) is 10.2 Å². The number of hydrogen-bond donors (Lipinski definition) is 1. The summed E-state index contributed by atoms with van der Waals surface area (Å²) < 4.78 is 1.83. The van der Waals surface area contributed by atoms with Crippen LogP contribution in [0.25, 0.3) is 22.3 Å². The quantitative estimate of drug-likeness (QED) is 0.745. The molecule has 24 heavy (non-hydrogen) atoms. The number of carbonyl (C=O) groups is 1. The largest absolute Gasteiger partial charge is 0.273 e. The van der Waals surface area contributed by atoms with Gasteiger partial charge in [0.25, 0.3) is 5.91 Å². The van der Waals surface area contributed by atoms with Crippen molar-refractivity contribution in [3.05, 3.63) is 65.2 Å². The molecule has 0 radical (unpaired) electrons. The number of hydrazone groups is 1. The van der Waals surface area contributed by atoms with E-state index in [1.165, 1.54) is 0 Å². The predicted molar refractivity (Wildman–Crippen MR) is 96.1 cm³/mol. The third-order valence-electron chi connectivity index (χ3n) is 3.78. The number of para-hydroxylation sites is 1. The maximum absolute atomic E-state index is 11.9. The van der Waals surface area contributed by atoms with Crippen molar-refractivity contribution < 1.29 is 4.79 Å². The van der Waals surface area contributed by atoms with Crippen molar-refractivity contribution in [2.45, 2.75) is 6.92 Å². The van der Waals surface area contributed by atoms with Gasteiger partial charge < -0.3 is 0 Å². The summed E-state index contributed by atoms with van der Waals surface area (Å²) in [6, 6.07) is 13.9. The fourth-order valence-corrected chi connectivity index (χ4v) is 3.29. The Balaban J connectivity index is 1.86. The first kappa shape index (κ1) is 14.6. The van der Waals surface area contributed by atoms with Gasteiger partial charge >= 0.3 is 0 Å². The number of carbonyl (C=O) groups excluding carboxylic acids is 1. The predicted octanol–water partition coefficient (Wildman–Crippen LogP) is 3.49. The lowest BCUT2D eigenvalue weighted by Gasteiger charge is -1.99. The van der Waals surface area contributed by atoms with Gasteiger partial charge in [-0.05, 0) is 36.6 Å². The second kappa shape index (κ2) is 5.90. The molecule has 3 heterocycles. The molecule has 118 valence electrons. The van der Waals surface area contributed by atoms with E-state index >= 15 is 0 Å². The monoisotopic (exact) mass is 334 g/mol. The molecule has 6 heteroatoms. The molecular weight excluding hydrogens is 320 g/mol. The molecule has 0 atom stereocenters. The van der Waals surface area contributed by atoms with Crippen LogP contribution in [0.2, 0.25) is 0 Å². The highest BCUT2D eigenvalue weighted by Gasteiger charge is 2.21. The molecule has 5 nitrogen and oxygen atoms in total. The minimum absolute atomic E-state index is 0.183. The van der Waals surface area contributed by atoms with Crippen molar-refractivity contribution in [1.29, 1.82) is 0 Å². The van der Waals surface area contributed by atoms with Crippen LogP contribution >= 0.6 is 11.3 Å². The number of nitrogens with one attached hydrogen (secondary N) is 1. The molecule has 2 aromatic heterocycles. The molecule has 0 unspecified atom stereocenters. The molecule has 1 aliphatic heterocycles. The van der Waals surface area contributed by atoms with Gasteiger partial charge in [0.15, 0.2) is 0 Å². The van der Waals surface area contributed by atoms with Crippen molar-refractivity contribution in [3.63, 3.8) is 0 Å². The van der Waals surface area contributed by atoms with Crippen LogP contribution in [-0.2, 0) is 4.79 Å². The normalized spacial score (nSPS) is 15.6. The summed E-state index contributed by atoms with van der Waals surface area (Å²) in [5.74, 6) is -0.183. The van der Waals surface area contributed by atoms with Crippen molar-refractivity contribution in [1.82, 2.24) is 15.2 Å². The van der Waals surface area contributed by atoms with Gasteiger partial charge in [0, 0.05) is 11.8 Å². The number of hydrogen-bond acceptors (Lipinski definition) is 4. The molecule has 1 aromatic carbocycles. The molecule has 0 bridgehead atoms. The SMILES string of the molecule is CC1=NNC(=O)C1=Cc1cn(-c2ccccc2)nc1-c1cccs1. The fraction of sp³-hybridized carbons (Fsp3) is 0.0556. The highest BCUT2D eigenvalue weighted by Crippen LogP contribution is 2.29.